The van der Waals surface area contributed by atoms with Gasteiger partial charge >= 0.3 is 0 Å². The first-order valence-corrected chi connectivity index (χ1v) is 10.4. The van der Waals surface area contributed by atoms with Gasteiger partial charge in [-0.25, -0.2) is 8.42 Å². The molecule has 1 saturated heterocycles. The Morgan fingerprint density at radius 2 is 1.67 bits per heavy atom. The lowest BCUT2D eigenvalue weighted by Gasteiger charge is -2.32. The van der Waals surface area contributed by atoms with Crippen molar-refractivity contribution in [1.29, 1.82) is 0 Å². The van der Waals surface area contributed by atoms with Gasteiger partial charge in [0.15, 0.2) is 0 Å². The van der Waals surface area contributed by atoms with Crippen molar-refractivity contribution < 1.29 is 8.42 Å². The molecule has 0 unspecified atom stereocenters. The number of nitrogens with zero attached hydrogens (tertiary/aromatic N) is 3. The van der Waals surface area contributed by atoms with Crippen LogP contribution in [0.4, 0.5) is 5.69 Å². The van der Waals surface area contributed by atoms with Gasteiger partial charge in [-0.15, -0.1) is 0 Å². The quantitative estimate of drug-likeness (QED) is 0.876. The van der Waals surface area contributed by atoms with Crippen molar-refractivity contribution in [1.82, 2.24) is 14.8 Å². The fourth-order valence-corrected chi connectivity index (χ4v) is 3.23. The molecule has 1 aromatic heterocycles. The highest BCUT2D eigenvalue weighted by molar-refractivity contribution is 7.92. The van der Waals surface area contributed by atoms with Crippen LogP contribution in [-0.4, -0.2) is 68.7 Å². The number of aryl methyl sites for hydroxylation is 1. The van der Waals surface area contributed by atoms with E-state index in [0.29, 0.717) is 12.2 Å². The highest BCUT2D eigenvalue weighted by Gasteiger charge is 2.17. The Bertz CT molecular complexity index is 541. The molecule has 0 radical (unpaired) electrons. The molecule has 2 rings (SSSR count). The molecule has 24 heavy (non-hydrogen) atoms. The van der Waals surface area contributed by atoms with E-state index in [1.165, 1.54) is 6.20 Å². The summed E-state index contributed by atoms with van der Waals surface area (Å²) in [7, 11) is -1.23. The van der Waals surface area contributed by atoms with Gasteiger partial charge in [0, 0.05) is 38.9 Å². The van der Waals surface area contributed by atoms with Gasteiger partial charge in [-0.1, -0.05) is 27.7 Å². The summed E-state index contributed by atoms with van der Waals surface area (Å²) in [5.74, 6) is 0.116. The van der Waals surface area contributed by atoms with Crippen molar-refractivity contribution in [2.75, 3.05) is 50.2 Å². The van der Waals surface area contributed by atoms with Crippen LogP contribution >= 0.6 is 0 Å². The second-order valence-electron chi connectivity index (χ2n) is 5.32. The molecule has 7 heteroatoms. The fourth-order valence-electron chi connectivity index (χ4n) is 2.16. The lowest BCUT2D eigenvalue weighted by Crippen LogP contribution is -2.46. The van der Waals surface area contributed by atoms with E-state index < -0.39 is 10.0 Å². The van der Waals surface area contributed by atoms with Gasteiger partial charge in [0.1, 0.15) is 0 Å². The highest BCUT2D eigenvalue weighted by atomic mass is 32.2. The molecule has 0 aliphatic carbocycles. The maximum absolute atomic E-state index is 12.0. The predicted octanol–water partition coefficient (Wildman–Crippen LogP) is 2.43. The molecule has 6 nitrogen and oxygen atoms in total. The van der Waals surface area contributed by atoms with Gasteiger partial charge in [-0.2, -0.15) is 0 Å². The van der Waals surface area contributed by atoms with Crippen molar-refractivity contribution in [3.05, 3.63) is 24.0 Å². The zero-order chi connectivity index (χ0) is 18.6. The van der Waals surface area contributed by atoms with Crippen molar-refractivity contribution in [3.8, 4) is 0 Å². The van der Waals surface area contributed by atoms with E-state index in [-0.39, 0.29) is 5.75 Å². The zero-order valence-corrected chi connectivity index (χ0v) is 16.9. The Balaban J connectivity index is 0.00000123. The van der Waals surface area contributed by atoms with Gasteiger partial charge in [-0.05, 0) is 25.6 Å². The third-order valence-electron chi connectivity index (χ3n) is 3.42. The van der Waals surface area contributed by atoms with Crippen molar-refractivity contribution in [2.45, 2.75) is 34.6 Å². The van der Waals surface area contributed by atoms with Crippen molar-refractivity contribution >= 4 is 15.7 Å². The van der Waals surface area contributed by atoms with Crippen LogP contribution in [-0.2, 0) is 10.0 Å². The van der Waals surface area contributed by atoms with Crippen LogP contribution in [0.15, 0.2) is 18.5 Å². The Morgan fingerprint density at radius 1 is 1.08 bits per heavy atom. The molecule has 1 aromatic rings. The third-order valence-corrected chi connectivity index (χ3v) is 4.69. The first kappa shape index (κ1) is 22.8. The third kappa shape index (κ3) is 9.20. The molecule has 1 aliphatic rings. The molecule has 0 aromatic carbocycles. The smallest absolute Gasteiger partial charge is 0.234 e. The molecule has 0 bridgehead atoms. The molecule has 2 heterocycles. The maximum Gasteiger partial charge on any atom is 0.234 e. The van der Waals surface area contributed by atoms with Crippen LogP contribution < -0.4 is 4.72 Å². The standard InChI is InChI=1S/C13H22N4O2S.2C2H6/c1-12-9-13(11-14-10-12)15-20(18,19)8-7-17-5-3-16(2)4-6-17;2*1-2/h9-11,15H,3-8H2,1-2H3;2*1-2H3. The van der Waals surface area contributed by atoms with Crippen LogP contribution in [0.25, 0.3) is 0 Å². The van der Waals surface area contributed by atoms with Gasteiger partial charge in [0.25, 0.3) is 0 Å². The summed E-state index contributed by atoms with van der Waals surface area (Å²) < 4.78 is 26.7. The number of likely N-dealkylation sites (N-methyl/N-ethyl adjacent to an activating group) is 1. The molecule has 140 valence electrons. The second-order valence-corrected chi connectivity index (χ2v) is 7.16. The predicted molar refractivity (Wildman–Crippen MR) is 103 cm³/mol. The van der Waals surface area contributed by atoms with E-state index in [2.05, 4.69) is 26.6 Å². The van der Waals surface area contributed by atoms with Gasteiger partial charge < -0.3 is 4.90 Å². The minimum Gasteiger partial charge on any atom is -0.304 e. The van der Waals surface area contributed by atoms with E-state index in [9.17, 15) is 8.42 Å². The van der Waals surface area contributed by atoms with Crippen molar-refractivity contribution in [2.24, 2.45) is 0 Å². The second kappa shape index (κ2) is 12.2. The molecule has 1 aliphatic heterocycles. The minimum atomic E-state index is -3.31. The monoisotopic (exact) mass is 358 g/mol. The number of rotatable bonds is 5. The SMILES string of the molecule is CC.CC.Cc1cncc(NS(=O)(=O)CCN2CCN(C)CC2)c1. The van der Waals surface area contributed by atoms with Gasteiger partial charge in [0.05, 0.1) is 17.6 Å². The number of piperazine rings is 1. The lowest BCUT2D eigenvalue weighted by molar-refractivity contribution is 0.161. The number of hydrogen-bond donors (Lipinski definition) is 1. The summed E-state index contributed by atoms with van der Waals surface area (Å²) in [6.45, 7) is 14.3. The van der Waals surface area contributed by atoms with E-state index >= 15 is 0 Å². The van der Waals surface area contributed by atoms with Crippen LogP contribution in [0.2, 0.25) is 0 Å². The van der Waals surface area contributed by atoms with E-state index in [1.54, 1.807) is 12.3 Å². The summed E-state index contributed by atoms with van der Waals surface area (Å²) in [6.07, 6.45) is 3.22. The summed E-state index contributed by atoms with van der Waals surface area (Å²) in [6, 6.07) is 1.78. The Hall–Kier alpha value is -1.18. The van der Waals surface area contributed by atoms with Gasteiger partial charge in [-0.3, -0.25) is 14.6 Å². The minimum absolute atomic E-state index is 0.116. The fraction of sp³-hybridized carbons (Fsp3) is 0.706. The topological polar surface area (TPSA) is 65.5 Å². The molecular weight excluding hydrogens is 324 g/mol. The van der Waals surface area contributed by atoms with Crippen molar-refractivity contribution in [3.63, 3.8) is 0 Å². The van der Waals surface area contributed by atoms with E-state index in [1.807, 2.05) is 34.6 Å². The lowest BCUT2D eigenvalue weighted by atomic mass is 10.3. The molecule has 0 amide bonds. The summed E-state index contributed by atoms with van der Waals surface area (Å²) in [4.78, 5) is 8.42. The van der Waals surface area contributed by atoms with Gasteiger partial charge in [0.2, 0.25) is 10.0 Å². The molecule has 1 N–H and O–H groups in total. The van der Waals surface area contributed by atoms with Crippen LogP contribution in [0.3, 0.4) is 0 Å². The number of nitrogens with one attached hydrogen (secondary N) is 1. The zero-order valence-electron chi connectivity index (χ0n) is 16.0. The Labute approximate surface area is 148 Å². The average molecular weight is 359 g/mol. The molecular formula is C17H34N4O2S. The summed E-state index contributed by atoms with van der Waals surface area (Å²) in [5.41, 5.74) is 1.47. The number of aromatic nitrogens is 1. The Kier molecular flexibility index (Phi) is 11.6. The van der Waals surface area contributed by atoms with Crippen LogP contribution in [0.1, 0.15) is 33.3 Å². The van der Waals surface area contributed by atoms with Crippen LogP contribution in [0, 0.1) is 6.92 Å². The Morgan fingerprint density at radius 3 is 2.21 bits per heavy atom. The summed E-state index contributed by atoms with van der Waals surface area (Å²) >= 11 is 0. The summed E-state index contributed by atoms with van der Waals surface area (Å²) in [5, 5.41) is 0. The van der Waals surface area contributed by atoms with E-state index in [0.717, 1.165) is 31.7 Å². The molecule has 0 spiro atoms. The first-order valence-electron chi connectivity index (χ1n) is 8.78. The largest absolute Gasteiger partial charge is 0.304 e. The normalized spacial score (nSPS) is 15.6. The number of hydrogen-bond acceptors (Lipinski definition) is 5. The van der Waals surface area contributed by atoms with E-state index in [4.69, 9.17) is 0 Å². The number of pyridine rings is 1. The molecule has 0 saturated carbocycles. The maximum atomic E-state index is 12.0. The van der Waals surface area contributed by atoms with Crippen LogP contribution in [0.5, 0.6) is 0 Å². The molecule has 1 fully saturated rings. The number of sulfonamides is 1. The average Bonchev–Trinajstić information content (AvgIpc) is 2.58. The molecule has 0 atom stereocenters. The first-order chi connectivity index (χ1) is 11.4. The number of anilines is 1. The highest BCUT2D eigenvalue weighted by Crippen LogP contribution is 2.10.